The minimum Gasteiger partial charge on any atom is -0.480 e. The fourth-order valence-corrected chi connectivity index (χ4v) is 2.35. The van der Waals surface area contributed by atoms with Crippen LogP contribution in [0.25, 0.3) is 0 Å². The average Bonchev–Trinajstić information content (AvgIpc) is 2.37. The van der Waals surface area contributed by atoms with Crippen LogP contribution in [0.4, 0.5) is 0 Å². The summed E-state index contributed by atoms with van der Waals surface area (Å²) in [4.78, 5) is 24.3. The van der Waals surface area contributed by atoms with Crippen molar-refractivity contribution in [3.8, 4) is 0 Å². The van der Waals surface area contributed by atoms with Gasteiger partial charge in [-0.25, -0.2) is 4.79 Å². The molecule has 1 unspecified atom stereocenters. The van der Waals surface area contributed by atoms with Crippen LogP contribution in [0.1, 0.15) is 17.2 Å². The maximum absolute atomic E-state index is 11.9. The zero-order chi connectivity index (χ0) is 13.1. The van der Waals surface area contributed by atoms with E-state index in [9.17, 15) is 9.59 Å². The van der Waals surface area contributed by atoms with Crippen LogP contribution in [-0.4, -0.2) is 42.1 Å². The first-order valence-electron chi connectivity index (χ1n) is 5.75. The second-order valence-electron chi connectivity index (χ2n) is 4.24. The molecule has 96 valence electrons. The first kappa shape index (κ1) is 12.6. The summed E-state index contributed by atoms with van der Waals surface area (Å²) in [6.07, 6.45) is 0.747. The van der Waals surface area contributed by atoms with Gasteiger partial charge in [-0.15, -0.1) is 0 Å². The molecule has 0 radical (unpaired) electrons. The standard InChI is InChI=1S/C13H15NO4/c1-18-13(17)12-10-5-3-2-4-9(10)6-7-14(12)8-11(15)16/h2-5,12H,6-8H2,1H3,(H,15,16). The number of carbonyl (C=O) groups excluding carboxylic acids is 1. The Morgan fingerprint density at radius 1 is 1.44 bits per heavy atom. The smallest absolute Gasteiger partial charge is 0.327 e. The predicted molar refractivity (Wildman–Crippen MR) is 64.1 cm³/mol. The van der Waals surface area contributed by atoms with Gasteiger partial charge < -0.3 is 9.84 Å². The van der Waals surface area contributed by atoms with E-state index in [0.29, 0.717) is 6.54 Å². The van der Waals surface area contributed by atoms with E-state index >= 15 is 0 Å². The lowest BCUT2D eigenvalue weighted by Crippen LogP contribution is -2.42. The molecule has 1 heterocycles. The molecule has 0 aliphatic carbocycles. The third-order valence-corrected chi connectivity index (χ3v) is 3.15. The second-order valence-corrected chi connectivity index (χ2v) is 4.24. The van der Waals surface area contributed by atoms with Crippen LogP contribution in [-0.2, 0) is 20.7 Å². The van der Waals surface area contributed by atoms with Gasteiger partial charge in [-0.1, -0.05) is 24.3 Å². The molecule has 0 saturated heterocycles. The molecule has 1 aromatic rings. The van der Waals surface area contributed by atoms with E-state index in [1.165, 1.54) is 7.11 Å². The van der Waals surface area contributed by atoms with E-state index in [4.69, 9.17) is 9.84 Å². The first-order chi connectivity index (χ1) is 8.63. The van der Waals surface area contributed by atoms with Crippen LogP contribution in [0.2, 0.25) is 0 Å². The number of aliphatic carboxylic acids is 1. The van der Waals surface area contributed by atoms with Crippen LogP contribution >= 0.6 is 0 Å². The molecule has 1 N–H and O–H groups in total. The number of rotatable bonds is 3. The van der Waals surface area contributed by atoms with Gasteiger partial charge >= 0.3 is 11.9 Å². The fraction of sp³-hybridized carbons (Fsp3) is 0.385. The minimum absolute atomic E-state index is 0.159. The number of carbonyl (C=O) groups is 2. The maximum Gasteiger partial charge on any atom is 0.327 e. The number of carboxylic acids is 1. The van der Waals surface area contributed by atoms with Gasteiger partial charge in [-0.2, -0.15) is 0 Å². The Balaban J connectivity index is 2.36. The van der Waals surface area contributed by atoms with E-state index in [2.05, 4.69) is 0 Å². The first-order valence-corrected chi connectivity index (χ1v) is 5.75. The highest BCUT2D eigenvalue weighted by Crippen LogP contribution is 2.30. The Morgan fingerprint density at radius 3 is 2.83 bits per heavy atom. The third kappa shape index (κ3) is 2.36. The van der Waals surface area contributed by atoms with Gasteiger partial charge in [0.2, 0.25) is 0 Å². The van der Waals surface area contributed by atoms with Crippen molar-refractivity contribution in [2.75, 3.05) is 20.2 Å². The molecule has 0 aromatic heterocycles. The van der Waals surface area contributed by atoms with Gasteiger partial charge in [0.1, 0.15) is 6.04 Å². The quantitative estimate of drug-likeness (QED) is 0.804. The monoisotopic (exact) mass is 249 g/mol. The molecule has 0 bridgehead atoms. The summed E-state index contributed by atoms with van der Waals surface area (Å²) in [5, 5.41) is 8.89. The van der Waals surface area contributed by atoms with Crippen molar-refractivity contribution in [3.63, 3.8) is 0 Å². The number of hydrogen-bond donors (Lipinski definition) is 1. The number of benzene rings is 1. The maximum atomic E-state index is 11.9. The number of hydrogen-bond acceptors (Lipinski definition) is 4. The number of nitrogens with zero attached hydrogens (tertiary/aromatic N) is 1. The SMILES string of the molecule is COC(=O)C1c2ccccc2CCN1CC(=O)O. The Labute approximate surface area is 105 Å². The summed E-state index contributed by atoms with van der Waals surface area (Å²) >= 11 is 0. The van der Waals surface area contributed by atoms with Crippen LogP contribution < -0.4 is 0 Å². The highest BCUT2D eigenvalue weighted by atomic mass is 16.5. The van der Waals surface area contributed by atoms with E-state index in [1.54, 1.807) is 4.90 Å². The lowest BCUT2D eigenvalue weighted by atomic mass is 9.92. The third-order valence-electron chi connectivity index (χ3n) is 3.15. The molecule has 0 fully saturated rings. The fourth-order valence-electron chi connectivity index (χ4n) is 2.35. The van der Waals surface area contributed by atoms with Crippen molar-refractivity contribution in [2.24, 2.45) is 0 Å². The summed E-state index contributed by atoms with van der Waals surface area (Å²) in [5.74, 6) is -1.35. The highest BCUT2D eigenvalue weighted by Gasteiger charge is 2.34. The number of ether oxygens (including phenoxy) is 1. The highest BCUT2D eigenvalue weighted by molar-refractivity contribution is 5.79. The van der Waals surface area contributed by atoms with E-state index in [1.807, 2.05) is 24.3 Å². The van der Waals surface area contributed by atoms with Crippen LogP contribution in [0.3, 0.4) is 0 Å². The summed E-state index contributed by atoms with van der Waals surface area (Å²) in [6.45, 7) is 0.386. The molecule has 5 heteroatoms. The largest absolute Gasteiger partial charge is 0.480 e. The van der Waals surface area contributed by atoms with Gasteiger partial charge in [0.05, 0.1) is 13.7 Å². The van der Waals surface area contributed by atoms with Crippen molar-refractivity contribution in [1.82, 2.24) is 4.90 Å². The Bertz CT molecular complexity index is 472. The Kier molecular flexibility index (Phi) is 3.62. The molecule has 0 saturated carbocycles. The number of esters is 1. The van der Waals surface area contributed by atoms with Crippen molar-refractivity contribution < 1.29 is 19.4 Å². The topological polar surface area (TPSA) is 66.8 Å². The summed E-state index contributed by atoms with van der Waals surface area (Å²) < 4.78 is 4.78. The average molecular weight is 249 g/mol. The van der Waals surface area contributed by atoms with Crippen molar-refractivity contribution in [2.45, 2.75) is 12.5 Å². The molecule has 0 spiro atoms. The molecule has 1 aliphatic heterocycles. The van der Waals surface area contributed by atoms with Gasteiger partial charge in [-0.3, -0.25) is 9.69 Å². The van der Waals surface area contributed by atoms with Crippen LogP contribution in [0.15, 0.2) is 24.3 Å². The van der Waals surface area contributed by atoms with Crippen LogP contribution in [0, 0.1) is 0 Å². The number of carboxylic acid groups (broad SMARTS) is 1. The summed E-state index contributed by atoms with van der Waals surface area (Å²) in [7, 11) is 1.32. The lowest BCUT2D eigenvalue weighted by Gasteiger charge is -2.34. The zero-order valence-corrected chi connectivity index (χ0v) is 10.1. The Morgan fingerprint density at radius 2 is 2.17 bits per heavy atom. The minimum atomic E-state index is -0.941. The number of methoxy groups -OCH3 is 1. The van der Waals surface area contributed by atoms with Crippen molar-refractivity contribution in [3.05, 3.63) is 35.4 Å². The molecule has 1 atom stereocenters. The van der Waals surface area contributed by atoms with Gasteiger partial charge in [0, 0.05) is 6.54 Å². The lowest BCUT2D eigenvalue weighted by molar-refractivity contribution is -0.150. The van der Waals surface area contributed by atoms with E-state index in [0.717, 1.165) is 17.5 Å². The predicted octanol–water partition coefficient (Wildman–Crippen LogP) is 0.843. The van der Waals surface area contributed by atoms with Gasteiger partial charge in [-0.05, 0) is 17.5 Å². The molecule has 1 aromatic carbocycles. The van der Waals surface area contributed by atoms with Crippen LogP contribution in [0.5, 0.6) is 0 Å². The number of fused-ring (bicyclic) bond motifs is 1. The molecule has 18 heavy (non-hydrogen) atoms. The molecular weight excluding hydrogens is 234 g/mol. The van der Waals surface area contributed by atoms with Gasteiger partial charge in [0.25, 0.3) is 0 Å². The van der Waals surface area contributed by atoms with E-state index < -0.39 is 18.0 Å². The van der Waals surface area contributed by atoms with Crippen molar-refractivity contribution >= 4 is 11.9 Å². The summed E-state index contributed by atoms with van der Waals surface area (Å²) in [6, 6.07) is 6.96. The van der Waals surface area contributed by atoms with Gasteiger partial charge in [0.15, 0.2) is 0 Å². The molecule has 0 amide bonds. The zero-order valence-electron chi connectivity index (χ0n) is 10.1. The van der Waals surface area contributed by atoms with Crippen molar-refractivity contribution in [1.29, 1.82) is 0 Å². The summed E-state index contributed by atoms with van der Waals surface area (Å²) in [5.41, 5.74) is 1.92. The molecule has 5 nitrogen and oxygen atoms in total. The molecule has 1 aliphatic rings. The Hall–Kier alpha value is -1.88. The second kappa shape index (κ2) is 5.18. The molecular formula is C13H15NO4. The molecule has 2 rings (SSSR count). The van der Waals surface area contributed by atoms with E-state index in [-0.39, 0.29) is 6.54 Å². The normalized spacial score (nSPS) is 19.1.